The van der Waals surface area contributed by atoms with Crippen molar-refractivity contribution >= 4 is 17.9 Å². The molecule has 0 bridgehead atoms. The van der Waals surface area contributed by atoms with Crippen molar-refractivity contribution < 1.29 is 23.7 Å². The molecule has 3 aromatic carbocycles. The summed E-state index contributed by atoms with van der Waals surface area (Å²) in [6.07, 6.45) is 1.69. The number of carbonyl (C=O) groups is 1. The van der Waals surface area contributed by atoms with Crippen LogP contribution in [0.5, 0.6) is 17.2 Å². The molecule has 168 valence electrons. The van der Waals surface area contributed by atoms with E-state index in [1.165, 1.54) is 0 Å². The Labute approximate surface area is 193 Å². The third-order valence-corrected chi connectivity index (χ3v) is 4.84. The average Bonchev–Trinajstić information content (AvgIpc) is 3.21. The molecule has 33 heavy (non-hydrogen) atoms. The van der Waals surface area contributed by atoms with Gasteiger partial charge in [-0.15, -0.1) is 0 Å². The molecule has 0 atom stereocenters. The molecule has 4 rings (SSSR count). The Morgan fingerprint density at radius 2 is 1.58 bits per heavy atom. The van der Waals surface area contributed by atoms with Gasteiger partial charge in [0.2, 0.25) is 5.90 Å². The fraction of sp³-hybridized carbons (Fsp3) is 0.185. The maximum atomic E-state index is 12.4. The van der Waals surface area contributed by atoms with E-state index >= 15 is 0 Å². The van der Waals surface area contributed by atoms with Crippen LogP contribution in [0.2, 0.25) is 0 Å². The summed E-state index contributed by atoms with van der Waals surface area (Å²) in [6, 6.07) is 22.8. The highest BCUT2D eigenvalue weighted by Gasteiger charge is 2.25. The first-order valence-corrected chi connectivity index (χ1v) is 10.9. The van der Waals surface area contributed by atoms with Gasteiger partial charge in [-0.25, -0.2) is 9.79 Å². The summed E-state index contributed by atoms with van der Waals surface area (Å²) >= 11 is 0. The quantitative estimate of drug-likeness (QED) is 0.327. The largest absolute Gasteiger partial charge is 0.490 e. The van der Waals surface area contributed by atoms with Crippen LogP contribution < -0.4 is 14.2 Å². The van der Waals surface area contributed by atoms with E-state index in [1.807, 2.05) is 68.4 Å². The summed E-state index contributed by atoms with van der Waals surface area (Å²) in [6.45, 7) is 5.32. The molecule has 0 N–H and O–H groups in total. The van der Waals surface area contributed by atoms with E-state index in [9.17, 15) is 4.79 Å². The Hall–Kier alpha value is -4.06. The first-order chi connectivity index (χ1) is 16.2. The molecule has 0 aliphatic carbocycles. The molecule has 0 radical (unpaired) electrons. The first kappa shape index (κ1) is 22.1. The van der Waals surface area contributed by atoms with E-state index in [2.05, 4.69) is 4.99 Å². The van der Waals surface area contributed by atoms with Crippen LogP contribution in [-0.2, 0) is 16.1 Å². The lowest BCUT2D eigenvalue weighted by Crippen LogP contribution is -2.06. The van der Waals surface area contributed by atoms with Crippen LogP contribution in [-0.4, -0.2) is 25.1 Å². The molecule has 6 heteroatoms. The van der Waals surface area contributed by atoms with E-state index in [1.54, 1.807) is 24.3 Å². The number of cyclic esters (lactones) is 1. The van der Waals surface area contributed by atoms with Crippen molar-refractivity contribution in [2.45, 2.75) is 20.5 Å². The molecule has 0 spiro atoms. The molecule has 1 aliphatic heterocycles. The molecule has 6 nitrogen and oxygen atoms in total. The molecule has 3 aromatic rings. The number of hydrogen-bond acceptors (Lipinski definition) is 6. The average molecular weight is 443 g/mol. The van der Waals surface area contributed by atoms with Crippen LogP contribution >= 0.6 is 0 Å². The normalized spacial score (nSPS) is 14.1. The van der Waals surface area contributed by atoms with Gasteiger partial charge in [0.1, 0.15) is 12.4 Å². The van der Waals surface area contributed by atoms with E-state index in [0.717, 1.165) is 16.9 Å². The fourth-order valence-corrected chi connectivity index (χ4v) is 3.28. The Bertz CT molecular complexity index is 1170. The van der Waals surface area contributed by atoms with Crippen molar-refractivity contribution in [2.24, 2.45) is 4.99 Å². The summed E-state index contributed by atoms with van der Waals surface area (Å²) in [4.78, 5) is 16.8. The van der Waals surface area contributed by atoms with E-state index in [0.29, 0.717) is 36.9 Å². The molecule has 0 aromatic heterocycles. The topological polar surface area (TPSA) is 66.4 Å². The van der Waals surface area contributed by atoms with Crippen LogP contribution in [0.3, 0.4) is 0 Å². The Morgan fingerprint density at radius 1 is 0.848 bits per heavy atom. The van der Waals surface area contributed by atoms with Gasteiger partial charge in [0.05, 0.1) is 13.2 Å². The Morgan fingerprint density at radius 3 is 2.30 bits per heavy atom. The number of ether oxygens (including phenoxy) is 4. The van der Waals surface area contributed by atoms with Crippen molar-refractivity contribution in [3.63, 3.8) is 0 Å². The summed E-state index contributed by atoms with van der Waals surface area (Å²) in [7, 11) is 0. The highest BCUT2D eigenvalue weighted by molar-refractivity contribution is 6.13. The lowest BCUT2D eigenvalue weighted by molar-refractivity contribution is -0.129. The molecule has 0 unspecified atom stereocenters. The minimum Gasteiger partial charge on any atom is -0.490 e. The molecule has 1 heterocycles. The minimum absolute atomic E-state index is 0.231. The van der Waals surface area contributed by atoms with Crippen molar-refractivity contribution in [2.75, 3.05) is 13.2 Å². The molecule has 0 saturated heterocycles. The molecular formula is C27H25NO5. The standard InChI is InChI=1S/C27H25NO5/c1-3-30-24-15-12-21(17-25(24)31-4-2)26-28-23(27(29)33-26)16-19-10-13-22(14-11-19)32-18-20-8-6-5-7-9-20/h5-17H,3-4,18H2,1-2H3. The predicted molar refractivity (Wildman–Crippen MR) is 127 cm³/mol. The lowest BCUT2D eigenvalue weighted by atomic mass is 10.2. The number of hydrogen-bond donors (Lipinski definition) is 0. The van der Waals surface area contributed by atoms with Gasteiger partial charge in [0, 0.05) is 5.56 Å². The summed E-state index contributed by atoms with van der Waals surface area (Å²) in [5.41, 5.74) is 2.79. The van der Waals surface area contributed by atoms with Crippen molar-refractivity contribution in [1.82, 2.24) is 0 Å². The third-order valence-electron chi connectivity index (χ3n) is 4.84. The van der Waals surface area contributed by atoms with E-state index in [-0.39, 0.29) is 11.6 Å². The van der Waals surface area contributed by atoms with Gasteiger partial charge < -0.3 is 18.9 Å². The van der Waals surface area contributed by atoms with Gasteiger partial charge in [0.15, 0.2) is 17.2 Å². The number of benzene rings is 3. The smallest absolute Gasteiger partial charge is 0.363 e. The van der Waals surface area contributed by atoms with Gasteiger partial charge in [-0.1, -0.05) is 42.5 Å². The molecule has 0 fully saturated rings. The van der Waals surface area contributed by atoms with Crippen molar-refractivity contribution in [1.29, 1.82) is 0 Å². The Balaban J connectivity index is 1.48. The van der Waals surface area contributed by atoms with Gasteiger partial charge in [-0.05, 0) is 61.4 Å². The second-order valence-electron chi connectivity index (χ2n) is 7.21. The minimum atomic E-state index is -0.499. The summed E-state index contributed by atoms with van der Waals surface area (Å²) in [5, 5.41) is 0. The van der Waals surface area contributed by atoms with Crippen molar-refractivity contribution in [3.8, 4) is 17.2 Å². The lowest BCUT2D eigenvalue weighted by Gasteiger charge is -2.11. The molecule has 0 amide bonds. The number of rotatable bonds is 9. The monoisotopic (exact) mass is 443 g/mol. The van der Waals surface area contributed by atoms with Crippen LogP contribution in [0.25, 0.3) is 6.08 Å². The third kappa shape index (κ3) is 5.60. The number of esters is 1. The van der Waals surface area contributed by atoms with Crippen LogP contribution in [0.1, 0.15) is 30.5 Å². The van der Waals surface area contributed by atoms with Crippen LogP contribution in [0.15, 0.2) is 83.5 Å². The van der Waals surface area contributed by atoms with Crippen molar-refractivity contribution in [3.05, 3.63) is 95.2 Å². The maximum absolute atomic E-state index is 12.4. The zero-order chi connectivity index (χ0) is 23.0. The second-order valence-corrected chi connectivity index (χ2v) is 7.21. The predicted octanol–water partition coefficient (Wildman–Crippen LogP) is 5.41. The summed E-state index contributed by atoms with van der Waals surface area (Å²) in [5.74, 6) is 1.70. The fourth-order valence-electron chi connectivity index (χ4n) is 3.28. The molecular weight excluding hydrogens is 418 g/mol. The van der Waals surface area contributed by atoms with Gasteiger partial charge in [-0.3, -0.25) is 0 Å². The van der Waals surface area contributed by atoms with E-state index in [4.69, 9.17) is 18.9 Å². The Kier molecular flexibility index (Phi) is 7.05. The SMILES string of the molecule is CCOc1ccc(C2=NC(=Cc3ccc(OCc4ccccc4)cc3)C(=O)O2)cc1OCC. The first-order valence-electron chi connectivity index (χ1n) is 10.9. The zero-order valence-corrected chi connectivity index (χ0v) is 18.6. The maximum Gasteiger partial charge on any atom is 0.363 e. The van der Waals surface area contributed by atoms with Crippen LogP contribution in [0.4, 0.5) is 0 Å². The van der Waals surface area contributed by atoms with Gasteiger partial charge >= 0.3 is 5.97 Å². The van der Waals surface area contributed by atoms with Gasteiger partial charge in [0.25, 0.3) is 0 Å². The number of nitrogens with zero attached hydrogens (tertiary/aromatic N) is 1. The highest BCUT2D eigenvalue weighted by atomic mass is 16.6. The zero-order valence-electron chi connectivity index (χ0n) is 18.6. The van der Waals surface area contributed by atoms with Gasteiger partial charge in [-0.2, -0.15) is 0 Å². The number of aliphatic imine (C=N–C) groups is 1. The highest BCUT2D eigenvalue weighted by Crippen LogP contribution is 2.30. The summed E-state index contributed by atoms with van der Waals surface area (Å²) < 4.78 is 22.4. The number of carbonyl (C=O) groups excluding carboxylic acids is 1. The molecule has 1 aliphatic rings. The van der Waals surface area contributed by atoms with E-state index < -0.39 is 5.97 Å². The van der Waals surface area contributed by atoms with Crippen LogP contribution in [0, 0.1) is 0 Å². The molecule has 0 saturated carbocycles. The second kappa shape index (κ2) is 10.5.